The molecule has 2 nitrogen and oxygen atoms in total. The molecular weight excluding hydrogens is 285 g/mol. The van der Waals surface area contributed by atoms with E-state index in [0.717, 1.165) is 10.7 Å². The first kappa shape index (κ1) is 12.9. The Balaban J connectivity index is 2.18. The van der Waals surface area contributed by atoms with Crippen LogP contribution in [0.15, 0.2) is 53.9 Å². The molecule has 102 valence electrons. The lowest BCUT2D eigenvalue weighted by Gasteiger charge is -2.09. The maximum Gasteiger partial charge on any atom is 0.433 e. The molecule has 0 fully saturated rings. The third kappa shape index (κ3) is 2.34. The second-order valence-electron chi connectivity index (χ2n) is 4.14. The van der Waals surface area contributed by atoms with E-state index in [1.165, 1.54) is 11.3 Å². The number of thiophene rings is 1. The molecular formula is C14H9F3N2S. The summed E-state index contributed by atoms with van der Waals surface area (Å²) in [6.45, 7) is 0. The van der Waals surface area contributed by atoms with Crippen LogP contribution in [0.3, 0.4) is 0 Å². The lowest BCUT2D eigenvalue weighted by Crippen LogP contribution is -2.12. The van der Waals surface area contributed by atoms with E-state index in [9.17, 15) is 13.2 Å². The minimum atomic E-state index is -4.45. The summed E-state index contributed by atoms with van der Waals surface area (Å²) < 4.78 is 40.3. The lowest BCUT2D eigenvalue weighted by atomic mass is 10.3. The van der Waals surface area contributed by atoms with Crippen LogP contribution in [-0.2, 0) is 6.18 Å². The SMILES string of the molecule is FC(F)(F)c1cc(-c2cccs2)nn1-c1ccccc1. The fraction of sp³-hybridized carbons (Fsp3) is 0.0714. The van der Waals surface area contributed by atoms with E-state index in [4.69, 9.17) is 0 Å². The van der Waals surface area contributed by atoms with Gasteiger partial charge < -0.3 is 0 Å². The Morgan fingerprint density at radius 1 is 1.00 bits per heavy atom. The average molecular weight is 294 g/mol. The quantitative estimate of drug-likeness (QED) is 0.674. The van der Waals surface area contributed by atoms with Crippen LogP contribution < -0.4 is 0 Å². The Bertz CT molecular complexity index is 700. The van der Waals surface area contributed by atoms with Crippen molar-refractivity contribution in [2.24, 2.45) is 0 Å². The second-order valence-corrected chi connectivity index (χ2v) is 5.08. The van der Waals surface area contributed by atoms with Crippen LogP contribution in [0.2, 0.25) is 0 Å². The van der Waals surface area contributed by atoms with Crippen molar-refractivity contribution in [2.75, 3.05) is 0 Å². The van der Waals surface area contributed by atoms with Crippen molar-refractivity contribution in [1.82, 2.24) is 9.78 Å². The van der Waals surface area contributed by atoms with E-state index in [-0.39, 0.29) is 0 Å². The molecule has 0 amide bonds. The molecule has 0 saturated heterocycles. The van der Waals surface area contributed by atoms with Crippen LogP contribution in [0.5, 0.6) is 0 Å². The summed E-state index contributed by atoms with van der Waals surface area (Å²) in [6.07, 6.45) is -4.45. The summed E-state index contributed by atoms with van der Waals surface area (Å²) in [5, 5.41) is 5.91. The van der Waals surface area contributed by atoms with Gasteiger partial charge in [-0.15, -0.1) is 11.3 Å². The van der Waals surface area contributed by atoms with Gasteiger partial charge in [0.2, 0.25) is 0 Å². The van der Waals surface area contributed by atoms with Crippen molar-refractivity contribution in [3.8, 4) is 16.3 Å². The Morgan fingerprint density at radius 3 is 2.35 bits per heavy atom. The molecule has 0 saturated carbocycles. The summed E-state index contributed by atoms with van der Waals surface area (Å²) in [5.74, 6) is 0. The van der Waals surface area contributed by atoms with Gasteiger partial charge in [0.15, 0.2) is 0 Å². The van der Waals surface area contributed by atoms with Crippen LogP contribution in [0.1, 0.15) is 5.69 Å². The molecule has 0 aliphatic carbocycles. The second kappa shape index (κ2) is 4.79. The molecule has 3 rings (SSSR count). The molecule has 0 aliphatic heterocycles. The van der Waals surface area contributed by atoms with E-state index >= 15 is 0 Å². The molecule has 0 spiro atoms. The first-order chi connectivity index (χ1) is 9.55. The Kier molecular flexibility index (Phi) is 3.10. The van der Waals surface area contributed by atoms with Crippen LogP contribution >= 0.6 is 11.3 Å². The van der Waals surface area contributed by atoms with Crippen molar-refractivity contribution >= 4 is 11.3 Å². The predicted molar refractivity (Wildman–Crippen MR) is 71.9 cm³/mol. The monoisotopic (exact) mass is 294 g/mol. The third-order valence-electron chi connectivity index (χ3n) is 2.77. The maximum absolute atomic E-state index is 13.1. The van der Waals surface area contributed by atoms with Crippen LogP contribution in [0.4, 0.5) is 13.2 Å². The lowest BCUT2D eigenvalue weighted by molar-refractivity contribution is -0.142. The van der Waals surface area contributed by atoms with Crippen molar-refractivity contribution in [3.05, 3.63) is 59.6 Å². The fourth-order valence-electron chi connectivity index (χ4n) is 1.89. The number of hydrogen-bond acceptors (Lipinski definition) is 2. The molecule has 1 aromatic carbocycles. The zero-order chi connectivity index (χ0) is 14.2. The van der Waals surface area contributed by atoms with Gasteiger partial charge in [-0.1, -0.05) is 24.3 Å². The first-order valence-electron chi connectivity index (χ1n) is 5.82. The van der Waals surface area contributed by atoms with Gasteiger partial charge in [0.05, 0.1) is 10.6 Å². The summed E-state index contributed by atoms with van der Waals surface area (Å²) in [6, 6.07) is 12.9. The molecule has 0 unspecified atom stereocenters. The van der Waals surface area contributed by atoms with E-state index < -0.39 is 11.9 Å². The summed E-state index contributed by atoms with van der Waals surface area (Å²) in [5.41, 5.74) is -0.0501. The average Bonchev–Trinajstić information content (AvgIpc) is 3.08. The Morgan fingerprint density at radius 2 is 1.75 bits per heavy atom. The van der Waals surface area contributed by atoms with Gasteiger partial charge in [0.1, 0.15) is 11.4 Å². The van der Waals surface area contributed by atoms with E-state index in [0.29, 0.717) is 16.3 Å². The third-order valence-corrected chi connectivity index (χ3v) is 3.67. The highest BCUT2D eigenvalue weighted by Gasteiger charge is 2.36. The normalized spacial score (nSPS) is 11.8. The predicted octanol–water partition coefficient (Wildman–Crippen LogP) is 4.62. The number of alkyl halides is 3. The number of nitrogens with zero attached hydrogens (tertiary/aromatic N) is 2. The highest BCUT2D eigenvalue weighted by atomic mass is 32.1. The smallest absolute Gasteiger partial charge is 0.228 e. The van der Waals surface area contributed by atoms with Crippen molar-refractivity contribution < 1.29 is 13.2 Å². The number of aromatic nitrogens is 2. The van der Waals surface area contributed by atoms with E-state index in [1.807, 2.05) is 5.38 Å². The molecule has 0 atom stereocenters. The molecule has 2 heterocycles. The van der Waals surface area contributed by atoms with Gasteiger partial charge in [-0.2, -0.15) is 18.3 Å². The molecule has 3 aromatic rings. The Labute approximate surface area is 117 Å². The van der Waals surface area contributed by atoms with Gasteiger partial charge in [-0.3, -0.25) is 0 Å². The highest BCUT2D eigenvalue weighted by molar-refractivity contribution is 7.13. The van der Waals surface area contributed by atoms with Crippen LogP contribution in [0, 0.1) is 0 Å². The molecule has 0 radical (unpaired) electrons. The molecule has 0 bridgehead atoms. The minimum Gasteiger partial charge on any atom is -0.228 e. The minimum absolute atomic E-state index is 0.330. The molecule has 6 heteroatoms. The van der Waals surface area contributed by atoms with Crippen molar-refractivity contribution in [3.63, 3.8) is 0 Å². The topological polar surface area (TPSA) is 17.8 Å². The molecule has 0 aliphatic rings. The van der Waals surface area contributed by atoms with Crippen LogP contribution in [0.25, 0.3) is 16.3 Å². The number of hydrogen-bond donors (Lipinski definition) is 0. The first-order valence-corrected chi connectivity index (χ1v) is 6.70. The molecule has 0 N–H and O–H groups in total. The van der Waals surface area contributed by atoms with Gasteiger partial charge in [0, 0.05) is 0 Å². The summed E-state index contributed by atoms with van der Waals surface area (Å²) in [7, 11) is 0. The zero-order valence-corrected chi connectivity index (χ0v) is 10.9. The Hall–Kier alpha value is -2.08. The van der Waals surface area contributed by atoms with Gasteiger partial charge in [-0.05, 0) is 29.6 Å². The number of para-hydroxylation sites is 1. The number of benzene rings is 1. The number of halogens is 3. The van der Waals surface area contributed by atoms with E-state index in [1.54, 1.807) is 42.5 Å². The molecule has 2 aromatic heterocycles. The molecule has 20 heavy (non-hydrogen) atoms. The van der Waals surface area contributed by atoms with Crippen molar-refractivity contribution in [1.29, 1.82) is 0 Å². The van der Waals surface area contributed by atoms with Gasteiger partial charge in [0.25, 0.3) is 0 Å². The fourth-order valence-corrected chi connectivity index (χ4v) is 2.58. The van der Waals surface area contributed by atoms with Crippen LogP contribution in [-0.4, -0.2) is 9.78 Å². The standard InChI is InChI=1S/C14H9F3N2S/c15-14(16,17)13-9-11(12-7-4-8-20-12)18-19(13)10-5-2-1-3-6-10/h1-9H. The van der Waals surface area contributed by atoms with Crippen molar-refractivity contribution in [2.45, 2.75) is 6.18 Å². The van der Waals surface area contributed by atoms with E-state index in [2.05, 4.69) is 5.10 Å². The summed E-state index contributed by atoms with van der Waals surface area (Å²) in [4.78, 5) is 0.713. The number of rotatable bonds is 2. The van der Waals surface area contributed by atoms with Gasteiger partial charge in [-0.25, -0.2) is 4.68 Å². The largest absolute Gasteiger partial charge is 0.433 e. The van der Waals surface area contributed by atoms with Gasteiger partial charge >= 0.3 is 6.18 Å². The maximum atomic E-state index is 13.1. The highest BCUT2D eigenvalue weighted by Crippen LogP contribution is 2.34. The summed E-state index contributed by atoms with van der Waals surface area (Å²) >= 11 is 1.36. The zero-order valence-electron chi connectivity index (χ0n) is 10.1.